The lowest BCUT2D eigenvalue weighted by Gasteiger charge is -2.18. The largest absolute Gasteiger partial charge is 0.365 e. The van der Waals surface area contributed by atoms with E-state index in [-0.39, 0.29) is 0 Å². The van der Waals surface area contributed by atoms with Crippen molar-refractivity contribution >= 4 is 5.91 Å². The molecule has 1 amide bonds. The van der Waals surface area contributed by atoms with Gasteiger partial charge in [0.15, 0.2) is 0 Å². The number of alkyl halides is 4. The molecule has 0 radical (unpaired) electrons. The Bertz CT molecular complexity index is 497. The highest BCUT2D eigenvalue weighted by Crippen LogP contribution is 2.22. The Hall–Kier alpha value is -1.70. The molecule has 1 rings (SSSR count). The molecular formula is C14H18F4N2O2. The van der Waals surface area contributed by atoms with E-state index in [2.05, 4.69) is 15.0 Å². The number of halogens is 4. The molecule has 1 N–H and O–H groups in total. The van der Waals surface area contributed by atoms with Crippen LogP contribution in [0.2, 0.25) is 0 Å². The van der Waals surface area contributed by atoms with Gasteiger partial charge in [-0.15, -0.1) is 0 Å². The molecule has 0 bridgehead atoms. The number of ether oxygens (including phenoxy) is 1. The van der Waals surface area contributed by atoms with Gasteiger partial charge < -0.3 is 10.1 Å². The van der Waals surface area contributed by atoms with Gasteiger partial charge in [0.1, 0.15) is 13.2 Å². The molecule has 0 aliphatic rings. The van der Waals surface area contributed by atoms with Crippen LogP contribution in [0.4, 0.5) is 17.6 Å². The van der Waals surface area contributed by atoms with Gasteiger partial charge in [0.2, 0.25) is 5.91 Å². The zero-order valence-electron chi connectivity index (χ0n) is 12.3. The van der Waals surface area contributed by atoms with Gasteiger partial charge in [0.05, 0.1) is 11.7 Å². The summed E-state index contributed by atoms with van der Waals surface area (Å²) in [6.45, 7) is 1.47. The van der Waals surface area contributed by atoms with Crippen LogP contribution in [0.25, 0.3) is 0 Å². The molecule has 1 aromatic heterocycles. The van der Waals surface area contributed by atoms with Gasteiger partial charge in [-0.2, -0.15) is 8.78 Å². The van der Waals surface area contributed by atoms with Gasteiger partial charge in [-0.1, -0.05) is 6.92 Å². The number of aryl methyl sites for hydroxylation is 1. The van der Waals surface area contributed by atoms with E-state index in [9.17, 15) is 22.4 Å². The number of hydrogen-bond acceptors (Lipinski definition) is 3. The van der Waals surface area contributed by atoms with Gasteiger partial charge in [0.25, 0.3) is 0 Å². The maximum Gasteiger partial charge on any atom is 0.330 e. The Balaban J connectivity index is 2.49. The molecule has 8 heteroatoms. The van der Waals surface area contributed by atoms with E-state index in [1.54, 1.807) is 18.3 Å². The highest BCUT2D eigenvalue weighted by Gasteiger charge is 2.41. The van der Waals surface area contributed by atoms with E-state index >= 15 is 0 Å². The summed E-state index contributed by atoms with van der Waals surface area (Å²) in [4.78, 5) is 15.8. The molecule has 0 saturated heterocycles. The fourth-order valence-corrected chi connectivity index (χ4v) is 1.71. The van der Waals surface area contributed by atoms with Crippen LogP contribution < -0.4 is 5.32 Å². The molecule has 0 spiro atoms. The lowest BCUT2D eigenvalue weighted by molar-refractivity contribution is -0.168. The van der Waals surface area contributed by atoms with Crippen LogP contribution in [0.1, 0.15) is 30.6 Å². The quantitative estimate of drug-likeness (QED) is 0.749. The number of aromatic nitrogens is 1. The van der Waals surface area contributed by atoms with Crippen molar-refractivity contribution in [1.82, 2.24) is 10.3 Å². The lowest BCUT2D eigenvalue weighted by Crippen LogP contribution is -2.36. The van der Waals surface area contributed by atoms with Gasteiger partial charge in [0, 0.05) is 6.20 Å². The first kappa shape index (κ1) is 18.3. The van der Waals surface area contributed by atoms with Crippen molar-refractivity contribution in [2.24, 2.45) is 0 Å². The van der Waals surface area contributed by atoms with Crippen LogP contribution >= 0.6 is 0 Å². The smallest absolute Gasteiger partial charge is 0.330 e. The maximum absolute atomic E-state index is 12.6. The van der Waals surface area contributed by atoms with Crippen molar-refractivity contribution in [3.63, 3.8) is 0 Å². The Morgan fingerprint density at radius 1 is 1.45 bits per heavy atom. The highest BCUT2D eigenvalue weighted by molar-refractivity contribution is 5.77. The van der Waals surface area contributed by atoms with Crippen molar-refractivity contribution in [3.05, 3.63) is 29.6 Å². The topological polar surface area (TPSA) is 51.2 Å². The first-order valence-corrected chi connectivity index (χ1v) is 6.72. The van der Waals surface area contributed by atoms with Gasteiger partial charge in [-0.05, 0) is 31.0 Å². The number of nitrogens with one attached hydrogen (secondary N) is 1. The second-order valence-electron chi connectivity index (χ2n) is 4.84. The molecule has 0 fully saturated rings. The van der Waals surface area contributed by atoms with Crippen LogP contribution in [-0.2, 0) is 9.53 Å². The zero-order chi connectivity index (χ0) is 16.8. The monoisotopic (exact) mass is 322 g/mol. The lowest BCUT2D eigenvalue weighted by atomic mass is 10.1. The number of hydrogen-bond donors (Lipinski definition) is 1. The minimum atomic E-state index is -4.26. The summed E-state index contributed by atoms with van der Waals surface area (Å²) in [5, 5.41) is 2.57. The van der Waals surface area contributed by atoms with E-state index in [0.29, 0.717) is 12.1 Å². The molecule has 1 heterocycles. The number of carbonyl (C=O) groups excluding carboxylic acids is 1. The first-order valence-electron chi connectivity index (χ1n) is 6.72. The van der Waals surface area contributed by atoms with Crippen molar-refractivity contribution in [2.75, 3.05) is 13.2 Å². The second kappa shape index (κ2) is 8.07. The molecule has 0 aromatic carbocycles. The predicted molar refractivity (Wildman–Crippen MR) is 71.9 cm³/mol. The molecule has 0 saturated carbocycles. The summed E-state index contributed by atoms with van der Waals surface area (Å²) < 4.78 is 53.4. The van der Waals surface area contributed by atoms with E-state index in [4.69, 9.17) is 0 Å². The maximum atomic E-state index is 12.6. The molecule has 1 unspecified atom stereocenters. The van der Waals surface area contributed by atoms with Gasteiger partial charge >= 0.3 is 12.3 Å². The summed E-state index contributed by atoms with van der Waals surface area (Å²) in [5.74, 6) is -4.93. The minimum absolute atomic E-state index is 0.397. The third kappa shape index (κ3) is 5.59. The summed E-state index contributed by atoms with van der Waals surface area (Å²) >= 11 is 0. The Morgan fingerprint density at radius 3 is 2.68 bits per heavy atom. The predicted octanol–water partition coefficient (Wildman–Crippen LogP) is 2.87. The van der Waals surface area contributed by atoms with Crippen LogP contribution in [0.15, 0.2) is 18.3 Å². The summed E-state index contributed by atoms with van der Waals surface area (Å²) in [5.41, 5.74) is 1.60. The molecule has 1 atom stereocenters. The van der Waals surface area contributed by atoms with E-state index < -0.39 is 37.5 Å². The average molecular weight is 322 g/mol. The molecule has 4 nitrogen and oxygen atoms in total. The number of amides is 1. The van der Waals surface area contributed by atoms with Crippen LogP contribution in [0.5, 0.6) is 0 Å². The molecule has 22 heavy (non-hydrogen) atoms. The third-order valence-electron chi connectivity index (χ3n) is 2.88. The molecule has 1 aromatic rings. The average Bonchev–Trinajstić information content (AvgIpc) is 2.44. The SMILES string of the molecule is CCC(NC(=O)COCC(F)(F)C(F)F)c1cc(C)ccn1. The van der Waals surface area contributed by atoms with E-state index in [1.807, 2.05) is 13.8 Å². The Morgan fingerprint density at radius 2 is 2.14 bits per heavy atom. The van der Waals surface area contributed by atoms with Crippen molar-refractivity contribution in [2.45, 2.75) is 38.7 Å². The first-order chi connectivity index (χ1) is 10.3. The second-order valence-corrected chi connectivity index (χ2v) is 4.84. The number of rotatable bonds is 8. The van der Waals surface area contributed by atoms with Crippen molar-refractivity contribution in [1.29, 1.82) is 0 Å². The molecule has 0 aliphatic heterocycles. The summed E-state index contributed by atoms with van der Waals surface area (Å²) in [6, 6.07) is 3.19. The Labute approximate surface area is 125 Å². The summed E-state index contributed by atoms with van der Waals surface area (Å²) in [6.07, 6.45) is -1.69. The normalized spacial score (nSPS) is 13.2. The minimum Gasteiger partial charge on any atom is -0.365 e. The van der Waals surface area contributed by atoms with E-state index in [0.717, 1.165) is 5.56 Å². The van der Waals surface area contributed by atoms with Crippen LogP contribution in [0, 0.1) is 6.92 Å². The fraction of sp³-hybridized carbons (Fsp3) is 0.571. The number of nitrogens with zero attached hydrogens (tertiary/aromatic N) is 1. The fourth-order valence-electron chi connectivity index (χ4n) is 1.71. The number of pyridine rings is 1. The molecule has 0 aliphatic carbocycles. The standard InChI is InChI=1S/C14H18F4N2O2/c1-3-10(11-6-9(2)4-5-19-11)20-12(21)7-22-8-14(17,18)13(15)16/h4-6,10,13H,3,7-8H2,1-2H3,(H,20,21). The molecule has 124 valence electrons. The van der Waals surface area contributed by atoms with E-state index in [1.165, 1.54) is 0 Å². The van der Waals surface area contributed by atoms with Crippen LogP contribution in [0.3, 0.4) is 0 Å². The molecular weight excluding hydrogens is 304 g/mol. The van der Waals surface area contributed by atoms with Gasteiger partial charge in [-0.25, -0.2) is 8.78 Å². The van der Waals surface area contributed by atoms with Gasteiger partial charge in [-0.3, -0.25) is 9.78 Å². The van der Waals surface area contributed by atoms with Crippen LogP contribution in [-0.4, -0.2) is 36.5 Å². The summed E-state index contributed by atoms with van der Waals surface area (Å²) in [7, 11) is 0. The highest BCUT2D eigenvalue weighted by atomic mass is 19.3. The Kier molecular flexibility index (Phi) is 6.73. The van der Waals surface area contributed by atoms with Crippen molar-refractivity contribution in [3.8, 4) is 0 Å². The van der Waals surface area contributed by atoms with Crippen molar-refractivity contribution < 1.29 is 27.1 Å². The zero-order valence-corrected chi connectivity index (χ0v) is 12.3. The third-order valence-corrected chi connectivity index (χ3v) is 2.88. The number of carbonyl (C=O) groups is 1.